The first kappa shape index (κ1) is 19.8. The first-order valence-electron chi connectivity index (χ1n) is 8.38. The minimum Gasteiger partial charge on any atom is -0.494 e. The lowest BCUT2D eigenvalue weighted by molar-refractivity contribution is 0.294. The number of hydrogen-bond acceptors (Lipinski definition) is 4. The van der Waals surface area contributed by atoms with E-state index in [0.29, 0.717) is 25.6 Å². The van der Waals surface area contributed by atoms with Crippen LogP contribution in [-0.4, -0.2) is 11.6 Å². The molecule has 0 spiro atoms. The maximum absolute atomic E-state index is 5.79. The summed E-state index contributed by atoms with van der Waals surface area (Å²) in [7, 11) is 0. The van der Waals surface area contributed by atoms with Crippen LogP contribution in [0.5, 0.6) is 11.6 Å². The lowest BCUT2D eigenvalue weighted by atomic mass is 10.0. The van der Waals surface area contributed by atoms with Crippen molar-refractivity contribution in [1.29, 1.82) is 0 Å². The van der Waals surface area contributed by atoms with Gasteiger partial charge in [-0.3, -0.25) is 0 Å². The highest BCUT2D eigenvalue weighted by atomic mass is 35.5. The van der Waals surface area contributed by atoms with Gasteiger partial charge in [0.1, 0.15) is 12.4 Å². The number of ether oxygens (including phenoxy) is 2. The van der Waals surface area contributed by atoms with Gasteiger partial charge in [-0.25, -0.2) is 4.98 Å². The van der Waals surface area contributed by atoms with E-state index in [-0.39, 0.29) is 12.4 Å². The summed E-state index contributed by atoms with van der Waals surface area (Å²) in [5, 5.41) is 0. The Hall–Kier alpha value is -2.56. The number of benzene rings is 2. The summed E-state index contributed by atoms with van der Waals surface area (Å²) in [5.41, 5.74) is 9.98. The minimum atomic E-state index is 0. The third kappa shape index (κ3) is 5.22. The van der Waals surface area contributed by atoms with Crippen LogP contribution in [0.2, 0.25) is 0 Å². The molecule has 5 heteroatoms. The zero-order valence-corrected chi connectivity index (χ0v) is 15.5. The molecule has 0 radical (unpaired) electrons. The molecule has 0 unspecified atom stereocenters. The first-order valence-corrected chi connectivity index (χ1v) is 8.38. The zero-order chi connectivity index (χ0) is 17.5. The second-order valence-electron chi connectivity index (χ2n) is 5.66. The number of hydrogen-bond donors (Lipinski definition) is 1. The Morgan fingerprint density at radius 2 is 1.69 bits per heavy atom. The molecule has 1 aromatic heterocycles. The summed E-state index contributed by atoms with van der Waals surface area (Å²) in [4.78, 5) is 4.41. The molecule has 0 aliphatic carbocycles. The Morgan fingerprint density at radius 1 is 0.885 bits per heavy atom. The molecule has 3 rings (SSSR count). The van der Waals surface area contributed by atoms with E-state index in [4.69, 9.17) is 15.2 Å². The molecule has 136 valence electrons. The maximum atomic E-state index is 5.79. The average Bonchev–Trinajstić information content (AvgIpc) is 2.67. The second kappa shape index (κ2) is 9.80. The van der Waals surface area contributed by atoms with Crippen molar-refractivity contribution in [3.05, 3.63) is 78.0 Å². The van der Waals surface area contributed by atoms with Gasteiger partial charge in [0.25, 0.3) is 0 Å². The molecule has 0 fully saturated rings. The number of pyridine rings is 1. The van der Waals surface area contributed by atoms with E-state index in [1.807, 2.05) is 67.7 Å². The van der Waals surface area contributed by atoms with E-state index < -0.39 is 0 Å². The molecule has 0 amide bonds. The van der Waals surface area contributed by atoms with Crippen molar-refractivity contribution in [2.75, 3.05) is 6.61 Å². The summed E-state index contributed by atoms with van der Waals surface area (Å²) in [6, 6.07) is 20.0. The Balaban J connectivity index is 0.00000243. The zero-order valence-electron chi connectivity index (χ0n) is 14.7. The second-order valence-corrected chi connectivity index (χ2v) is 5.66. The Bertz CT molecular complexity index is 808. The SMILES string of the molecule is CCOc1cc(CN)cc(-c2ccc(OCc3ccccc3)nc2)c1.Cl. The van der Waals surface area contributed by atoms with Gasteiger partial charge >= 0.3 is 0 Å². The fraction of sp³-hybridized carbons (Fsp3) is 0.190. The summed E-state index contributed by atoms with van der Waals surface area (Å²) in [6.45, 7) is 3.57. The third-order valence-electron chi connectivity index (χ3n) is 3.81. The molecule has 0 aliphatic heterocycles. The molecule has 0 aliphatic rings. The van der Waals surface area contributed by atoms with E-state index in [1.54, 1.807) is 0 Å². The van der Waals surface area contributed by atoms with Crippen molar-refractivity contribution in [2.45, 2.75) is 20.1 Å². The summed E-state index contributed by atoms with van der Waals surface area (Å²) in [6.07, 6.45) is 1.81. The molecule has 0 bridgehead atoms. The predicted octanol–water partition coefficient (Wildman–Crippen LogP) is 4.61. The first-order chi connectivity index (χ1) is 12.3. The van der Waals surface area contributed by atoms with Crippen LogP contribution in [0.1, 0.15) is 18.1 Å². The van der Waals surface area contributed by atoms with Crippen LogP contribution < -0.4 is 15.2 Å². The topological polar surface area (TPSA) is 57.4 Å². The van der Waals surface area contributed by atoms with Crippen LogP contribution in [-0.2, 0) is 13.2 Å². The predicted molar refractivity (Wildman–Crippen MR) is 107 cm³/mol. The van der Waals surface area contributed by atoms with Crippen LogP contribution in [0.3, 0.4) is 0 Å². The van der Waals surface area contributed by atoms with E-state index in [9.17, 15) is 0 Å². The molecule has 2 aromatic carbocycles. The molecule has 0 saturated heterocycles. The highest BCUT2D eigenvalue weighted by Gasteiger charge is 2.05. The highest BCUT2D eigenvalue weighted by molar-refractivity contribution is 5.85. The molecular weight excluding hydrogens is 348 g/mol. The van der Waals surface area contributed by atoms with Gasteiger partial charge in [0.2, 0.25) is 5.88 Å². The van der Waals surface area contributed by atoms with Gasteiger partial charge in [-0.05, 0) is 47.9 Å². The Labute approximate surface area is 160 Å². The van der Waals surface area contributed by atoms with Crippen molar-refractivity contribution in [2.24, 2.45) is 5.73 Å². The van der Waals surface area contributed by atoms with E-state index in [2.05, 4.69) is 11.1 Å². The molecule has 2 N–H and O–H groups in total. The fourth-order valence-electron chi connectivity index (χ4n) is 2.56. The molecule has 1 heterocycles. The van der Waals surface area contributed by atoms with Crippen molar-refractivity contribution >= 4 is 12.4 Å². The normalized spacial score (nSPS) is 10.1. The lowest BCUT2D eigenvalue weighted by Crippen LogP contribution is -1.99. The lowest BCUT2D eigenvalue weighted by Gasteiger charge is -2.10. The largest absolute Gasteiger partial charge is 0.494 e. The van der Waals surface area contributed by atoms with Crippen LogP contribution in [0, 0.1) is 0 Å². The van der Waals surface area contributed by atoms with Gasteiger partial charge in [0.05, 0.1) is 6.61 Å². The standard InChI is InChI=1S/C21H22N2O2.ClH/c1-2-24-20-11-17(13-22)10-19(12-20)18-8-9-21(23-14-18)25-15-16-6-4-3-5-7-16;/h3-12,14H,2,13,15,22H2,1H3;1H. The summed E-state index contributed by atoms with van der Waals surface area (Å²) >= 11 is 0. The van der Waals surface area contributed by atoms with Crippen molar-refractivity contribution in [3.8, 4) is 22.8 Å². The fourth-order valence-corrected chi connectivity index (χ4v) is 2.56. The highest BCUT2D eigenvalue weighted by Crippen LogP contribution is 2.27. The monoisotopic (exact) mass is 370 g/mol. The molecule has 4 nitrogen and oxygen atoms in total. The van der Waals surface area contributed by atoms with E-state index in [1.165, 1.54) is 0 Å². The van der Waals surface area contributed by atoms with Crippen molar-refractivity contribution < 1.29 is 9.47 Å². The number of rotatable bonds is 7. The van der Waals surface area contributed by atoms with Crippen molar-refractivity contribution in [3.63, 3.8) is 0 Å². The Kier molecular flexibility index (Phi) is 7.45. The molecule has 26 heavy (non-hydrogen) atoms. The summed E-state index contributed by atoms with van der Waals surface area (Å²) < 4.78 is 11.4. The molecule has 0 saturated carbocycles. The molecule has 0 atom stereocenters. The number of aromatic nitrogens is 1. The third-order valence-corrected chi connectivity index (χ3v) is 3.81. The average molecular weight is 371 g/mol. The Morgan fingerprint density at radius 3 is 2.35 bits per heavy atom. The van der Waals surface area contributed by atoms with Crippen LogP contribution in [0.15, 0.2) is 66.9 Å². The van der Waals surface area contributed by atoms with Crippen molar-refractivity contribution in [1.82, 2.24) is 4.98 Å². The summed E-state index contributed by atoms with van der Waals surface area (Å²) in [5.74, 6) is 1.43. The smallest absolute Gasteiger partial charge is 0.213 e. The molecular formula is C21H23ClN2O2. The van der Waals surface area contributed by atoms with Gasteiger partial charge in [0.15, 0.2) is 0 Å². The van der Waals surface area contributed by atoms with Crippen LogP contribution >= 0.6 is 12.4 Å². The van der Waals surface area contributed by atoms with Gasteiger partial charge in [-0.1, -0.05) is 30.3 Å². The van der Waals surface area contributed by atoms with Gasteiger partial charge < -0.3 is 15.2 Å². The van der Waals surface area contributed by atoms with Crippen LogP contribution in [0.25, 0.3) is 11.1 Å². The van der Waals surface area contributed by atoms with Gasteiger partial charge in [-0.15, -0.1) is 12.4 Å². The maximum Gasteiger partial charge on any atom is 0.213 e. The number of nitrogens with two attached hydrogens (primary N) is 1. The van der Waals surface area contributed by atoms with E-state index in [0.717, 1.165) is 28.0 Å². The van der Waals surface area contributed by atoms with Gasteiger partial charge in [-0.2, -0.15) is 0 Å². The number of nitrogens with zero attached hydrogens (tertiary/aromatic N) is 1. The quantitative estimate of drug-likeness (QED) is 0.660. The van der Waals surface area contributed by atoms with E-state index >= 15 is 0 Å². The minimum absolute atomic E-state index is 0. The van der Waals surface area contributed by atoms with Crippen LogP contribution in [0.4, 0.5) is 0 Å². The van der Waals surface area contributed by atoms with Gasteiger partial charge in [0, 0.05) is 24.4 Å². The number of halogens is 1. The molecule has 3 aromatic rings.